The lowest BCUT2D eigenvalue weighted by molar-refractivity contribution is 0.267. The number of benzene rings is 3. The van der Waals surface area contributed by atoms with Gasteiger partial charge < -0.3 is 14.8 Å². The molecule has 0 radical (unpaired) electrons. The van der Waals surface area contributed by atoms with E-state index in [9.17, 15) is 0 Å². The lowest BCUT2D eigenvalue weighted by atomic mass is 10.1. The van der Waals surface area contributed by atoms with Crippen LogP contribution in [0.25, 0.3) is 0 Å². The molecule has 3 nitrogen and oxygen atoms in total. The van der Waals surface area contributed by atoms with Gasteiger partial charge in [0.2, 0.25) is 0 Å². The minimum absolute atomic E-state index is 0.517. The van der Waals surface area contributed by atoms with Crippen LogP contribution in [0.15, 0.2) is 78.9 Å². The van der Waals surface area contributed by atoms with Gasteiger partial charge in [0.25, 0.3) is 0 Å². The summed E-state index contributed by atoms with van der Waals surface area (Å²) >= 11 is 0. The van der Waals surface area contributed by atoms with Crippen LogP contribution in [0, 0.1) is 0 Å². The molecule has 0 heterocycles. The molecule has 0 atom stereocenters. The smallest absolute Gasteiger partial charge is 0.166 e. The first-order valence-corrected chi connectivity index (χ1v) is 8.57. The maximum absolute atomic E-state index is 6.13. The Kier molecular flexibility index (Phi) is 5.94. The van der Waals surface area contributed by atoms with Gasteiger partial charge in [-0.15, -0.1) is 0 Å². The van der Waals surface area contributed by atoms with Crippen LogP contribution in [0.2, 0.25) is 0 Å². The maximum Gasteiger partial charge on any atom is 0.166 e. The third kappa shape index (κ3) is 4.77. The number of para-hydroxylation sites is 2. The van der Waals surface area contributed by atoms with Crippen molar-refractivity contribution in [3.8, 4) is 11.5 Å². The maximum atomic E-state index is 6.13. The summed E-state index contributed by atoms with van der Waals surface area (Å²) in [7, 11) is 0. The zero-order valence-electron chi connectivity index (χ0n) is 14.4. The van der Waals surface area contributed by atoms with Crippen molar-refractivity contribution in [3.05, 3.63) is 90.0 Å². The summed E-state index contributed by atoms with van der Waals surface area (Å²) in [5, 5.41) is 3.43. The molecule has 0 aromatic heterocycles. The van der Waals surface area contributed by atoms with Crippen LogP contribution >= 0.6 is 0 Å². The molecular formula is C22H23NO2. The van der Waals surface area contributed by atoms with Crippen molar-refractivity contribution in [2.75, 3.05) is 11.9 Å². The molecule has 0 saturated carbocycles. The highest BCUT2D eigenvalue weighted by Gasteiger charge is 2.11. The Bertz CT molecular complexity index is 773. The summed E-state index contributed by atoms with van der Waals surface area (Å²) in [6.07, 6.45) is 0. The number of anilines is 1. The molecule has 0 aliphatic heterocycles. The fraction of sp³-hybridized carbons (Fsp3) is 0.182. The molecule has 3 heteroatoms. The zero-order chi connectivity index (χ0) is 17.3. The van der Waals surface area contributed by atoms with Gasteiger partial charge in [0.15, 0.2) is 11.5 Å². The Morgan fingerprint density at radius 3 is 2.20 bits per heavy atom. The van der Waals surface area contributed by atoms with Crippen LogP contribution in [0.1, 0.15) is 18.1 Å². The van der Waals surface area contributed by atoms with Gasteiger partial charge in [0.1, 0.15) is 6.61 Å². The highest BCUT2D eigenvalue weighted by atomic mass is 16.5. The molecule has 1 N–H and O–H groups in total. The first kappa shape index (κ1) is 16.9. The van der Waals surface area contributed by atoms with Crippen LogP contribution in [-0.4, -0.2) is 6.61 Å². The second kappa shape index (κ2) is 8.78. The summed E-state index contributed by atoms with van der Waals surface area (Å²) in [6.45, 7) is 3.78. The fourth-order valence-electron chi connectivity index (χ4n) is 2.62. The van der Waals surface area contributed by atoms with Gasteiger partial charge in [0, 0.05) is 17.8 Å². The van der Waals surface area contributed by atoms with Crippen LogP contribution in [0.4, 0.5) is 5.69 Å². The van der Waals surface area contributed by atoms with Gasteiger partial charge in [-0.25, -0.2) is 0 Å². The van der Waals surface area contributed by atoms with E-state index in [-0.39, 0.29) is 0 Å². The van der Waals surface area contributed by atoms with Crippen molar-refractivity contribution >= 4 is 5.69 Å². The molecule has 0 unspecified atom stereocenters. The second-order valence-electron chi connectivity index (χ2n) is 5.67. The van der Waals surface area contributed by atoms with Gasteiger partial charge in [0.05, 0.1) is 6.61 Å². The van der Waals surface area contributed by atoms with Crippen molar-refractivity contribution in [1.29, 1.82) is 0 Å². The average molecular weight is 333 g/mol. The van der Waals surface area contributed by atoms with E-state index in [1.165, 1.54) is 0 Å². The number of hydrogen-bond acceptors (Lipinski definition) is 3. The Morgan fingerprint density at radius 2 is 1.48 bits per heavy atom. The summed E-state index contributed by atoms with van der Waals surface area (Å²) in [5.74, 6) is 1.59. The average Bonchev–Trinajstić information content (AvgIpc) is 2.67. The van der Waals surface area contributed by atoms with Gasteiger partial charge >= 0.3 is 0 Å². The van der Waals surface area contributed by atoms with Crippen LogP contribution < -0.4 is 14.8 Å². The normalized spacial score (nSPS) is 10.3. The molecule has 0 spiro atoms. The minimum Gasteiger partial charge on any atom is -0.490 e. The largest absolute Gasteiger partial charge is 0.490 e. The first-order chi connectivity index (χ1) is 12.4. The predicted molar refractivity (Wildman–Crippen MR) is 102 cm³/mol. The van der Waals surface area contributed by atoms with E-state index in [0.29, 0.717) is 19.8 Å². The highest BCUT2D eigenvalue weighted by molar-refractivity contribution is 5.50. The fourth-order valence-corrected chi connectivity index (χ4v) is 2.62. The topological polar surface area (TPSA) is 30.5 Å². The lowest BCUT2D eigenvalue weighted by Crippen LogP contribution is -2.06. The molecule has 0 amide bonds. The number of hydrogen-bond donors (Lipinski definition) is 1. The molecule has 25 heavy (non-hydrogen) atoms. The third-order valence-electron chi connectivity index (χ3n) is 3.84. The Morgan fingerprint density at radius 1 is 0.760 bits per heavy atom. The zero-order valence-corrected chi connectivity index (χ0v) is 14.4. The van der Waals surface area contributed by atoms with E-state index in [2.05, 4.69) is 35.6 Å². The molecule has 0 fully saturated rings. The first-order valence-electron chi connectivity index (χ1n) is 8.57. The second-order valence-corrected chi connectivity index (χ2v) is 5.67. The van der Waals surface area contributed by atoms with Gasteiger partial charge in [-0.2, -0.15) is 0 Å². The standard InChI is InChI=1S/C22H23NO2/c1-2-24-21-15-9-12-19(16-23-20-13-7-4-8-14-20)22(21)25-17-18-10-5-3-6-11-18/h3-15,23H,2,16-17H2,1H3. The molecule has 0 aliphatic carbocycles. The van der Waals surface area contributed by atoms with E-state index < -0.39 is 0 Å². The molecule has 3 aromatic carbocycles. The van der Waals surface area contributed by atoms with Gasteiger partial charge in [-0.1, -0.05) is 60.7 Å². The van der Waals surface area contributed by atoms with E-state index in [1.54, 1.807) is 0 Å². The molecule has 3 rings (SSSR count). The van der Waals surface area contributed by atoms with Crippen LogP contribution in [0.5, 0.6) is 11.5 Å². The van der Waals surface area contributed by atoms with Crippen molar-refractivity contribution in [2.45, 2.75) is 20.1 Å². The highest BCUT2D eigenvalue weighted by Crippen LogP contribution is 2.32. The van der Waals surface area contributed by atoms with Crippen molar-refractivity contribution in [3.63, 3.8) is 0 Å². The number of nitrogens with one attached hydrogen (secondary N) is 1. The van der Waals surface area contributed by atoms with Gasteiger partial charge in [-0.05, 0) is 30.7 Å². The number of rotatable bonds is 8. The van der Waals surface area contributed by atoms with E-state index in [0.717, 1.165) is 28.3 Å². The summed E-state index contributed by atoms with van der Waals surface area (Å²) in [5.41, 5.74) is 3.29. The van der Waals surface area contributed by atoms with Crippen LogP contribution in [-0.2, 0) is 13.2 Å². The number of ether oxygens (including phenoxy) is 2. The monoisotopic (exact) mass is 333 g/mol. The molecular weight excluding hydrogens is 310 g/mol. The van der Waals surface area contributed by atoms with Gasteiger partial charge in [-0.3, -0.25) is 0 Å². The molecule has 0 bridgehead atoms. The van der Waals surface area contributed by atoms with Crippen LogP contribution in [0.3, 0.4) is 0 Å². The van der Waals surface area contributed by atoms with E-state index in [4.69, 9.17) is 9.47 Å². The van der Waals surface area contributed by atoms with Crippen molar-refractivity contribution in [2.24, 2.45) is 0 Å². The molecule has 0 saturated heterocycles. The van der Waals surface area contributed by atoms with Crippen molar-refractivity contribution in [1.82, 2.24) is 0 Å². The minimum atomic E-state index is 0.517. The van der Waals surface area contributed by atoms with Crippen molar-refractivity contribution < 1.29 is 9.47 Å². The molecule has 128 valence electrons. The quantitative estimate of drug-likeness (QED) is 0.608. The Labute approximate surface area is 149 Å². The SMILES string of the molecule is CCOc1cccc(CNc2ccccc2)c1OCc1ccccc1. The lowest BCUT2D eigenvalue weighted by Gasteiger charge is -2.17. The van der Waals surface area contributed by atoms with E-state index in [1.807, 2.05) is 55.5 Å². The predicted octanol–water partition coefficient (Wildman–Crippen LogP) is 5.28. The summed E-state index contributed by atoms with van der Waals surface area (Å²) < 4.78 is 11.9. The Hall–Kier alpha value is -2.94. The molecule has 3 aromatic rings. The third-order valence-corrected chi connectivity index (χ3v) is 3.84. The molecule has 0 aliphatic rings. The van der Waals surface area contributed by atoms with E-state index >= 15 is 0 Å². The summed E-state index contributed by atoms with van der Waals surface area (Å²) in [4.78, 5) is 0. The Balaban J connectivity index is 1.77. The summed E-state index contributed by atoms with van der Waals surface area (Å²) in [6, 6.07) is 26.3.